The molecule has 1 atom stereocenters. The number of hydrogen-bond donors (Lipinski definition) is 1. The van der Waals surface area contributed by atoms with Crippen LogP contribution in [-0.2, 0) is 9.53 Å². The number of nitrogens with zero attached hydrogens (tertiary/aromatic N) is 5. The molecule has 0 saturated carbocycles. The number of hydrogen-bond acceptors (Lipinski definition) is 7. The van der Waals surface area contributed by atoms with E-state index in [1.807, 2.05) is 30.5 Å². The summed E-state index contributed by atoms with van der Waals surface area (Å²) in [7, 11) is 0. The average Bonchev–Trinajstić information content (AvgIpc) is 3.54. The van der Waals surface area contributed by atoms with Gasteiger partial charge in [-0.25, -0.2) is 9.31 Å². The summed E-state index contributed by atoms with van der Waals surface area (Å²) in [4.78, 5) is 27.2. The molecule has 0 spiro atoms. The SMILES string of the molecule is O=C(O)C(F)(F)F.O=C(c1ccco1)N1CCOC(c2nnn3cc(-c4ccncc4)ccc23)C1. The minimum atomic E-state index is -5.08. The van der Waals surface area contributed by atoms with Crippen molar-refractivity contribution in [3.63, 3.8) is 0 Å². The number of carbonyl (C=O) groups excluding carboxylic acids is 1. The van der Waals surface area contributed by atoms with Crippen molar-refractivity contribution in [1.29, 1.82) is 0 Å². The fraction of sp³-hybridized carbons (Fsp3) is 0.227. The molecule has 4 aromatic rings. The van der Waals surface area contributed by atoms with Gasteiger partial charge in [0.2, 0.25) is 0 Å². The smallest absolute Gasteiger partial charge is 0.475 e. The molecule has 10 nitrogen and oxygen atoms in total. The predicted molar refractivity (Wildman–Crippen MR) is 113 cm³/mol. The maximum atomic E-state index is 12.6. The lowest BCUT2D eigenvalue weighted by molar-refractivity contribution is -0.192. The topological polar surface area (TPSA) is 123 Å². The molecule has 0 bridgehead atoms. The van der Waals surface area contributed by atoms with Crippen LogP contribution in [0.1, 0.15) is 22.4 Å². The summed E-state index contributed by atoms with van der Waals surface area (Å²) >= 11 is 0. The number of carboxylic acid groups (broad SMARTS) is 1. The molecule has 1 amide bonds. The molecule has 0 aromatic carbocycles. The normalized spacial score (nSPS) is 16.0. The van der Waals surface area contributed by atoms with E-state index >= 15 is 0 Å². The van der Waals surface area contributed by atoms with E-state index in [4.69, 9.17) is 19.1 Å². The summed E-state index contributed by atoms with van der Waals surface area (Å²) in [6, 6.07) is 11.3. The van der Waals surface area contributed by atoms with Crippen molar-refractivity contribution in [1.82, 2.24) is 24.7 Å². The first-order valence-corrected chi connectivity index (χ1v) is 10.2. The molecule has 1 N–H and O–H groups in total. The number of aliphatic carboxylic acids is 1. The molecule has 1 saturated heterocycles. The summed E-state index contributed by atoms with van der Waals surface area (Å²) < 4.78 is 44.6. The third-order valence-electron chi connectivity index (χ3n) is 5.09. The van der Waals surface area contributed by atoms with Crippen molar-refractivity contribution in [2.24, 2.45) is 0 Å². The number of aromatic nitrogens is 4. The van der Waals surface area contributed by atoms with Gasteiger partial charge in [-0.15, -0.1) is 5.10 Å². The first kappa shape index (κ1) is 23.9. The van der Waals surface area contributed by atoms with E-state index in [9.17, 15) is 18.0 Å². The zero-order valence-corrected chi connectivity index (χ0v) is 17.9. The number of amides is 1. The van der Waals surface area contributed by atoms with Crippen LogP contribution in [0.2, 0.25) is 0 Å². The van der Waals surface area contributed by atoms with Gasteiger partial charge in [-0.3, -0.25) is 9.78 Å². The van der Waals surface area contributed by atoms with Crippen molar-refractivity contribution in [3.8, 4) is 11.1 Å². The Morgan fingerprint density at radius 3 is 2.49 bits per heavy atom. The number of carboxylic acids is 1. The van der Waals surface area contributed by atoms with E-state index in [0.717, 1.165) is 22.3 Å². The molecule has 5 heterocycles. The Morgan fingerprint density at radius 1 is 1.09 bits per heavy atom. The number of rotatable bonds is 3. The van der Waals surface area contributed by atoms with Crippen LogP contribution < -0.4 is 0 Å². The molecule has 1 unspecified atom stereocenters. The molecule has 1 fully saturated rings. The predicted octanol–water partition coefficient (Wildman–Crippen LogP) is 3.23. The Morgan fingerprint density at radius 2 is 1.83 bits per heavy atom. The van der Waals surface area contributed by atoms with Gasteiger partial charge in [-0.2, -0.15) is 13.2 Å². The maximum absolute atomic E-state index is 12.6. The van der Waals surface area contributed by atoms with Crippen LogP contribution in [0.15, 0.2) is 65.7 Å². The van der Waals surface area contributed by atoms with Gasteiger partial charge in [0.05, 0.1) is 24.9 Å². The van der Waals surface area contributed by atoms with Gasteiger partial charge in [-0.1, -0.05) is 11.3 Å². The number of pyridine rings is 2. The van der Waals surface area contributed by atoms with E-state index in [-0.39, 0.29) is 12.0 Å². The lowest BCUT2D eigenvalue weighted by Gasteiger charge is -2.31. The molecule has 0 radical (unpaired) electrons. The quantitative estimate of drug-likeness (QED) is 0.465. The number of fused-ring (bicyclic) bond motifs is 1. The highest BCUT2D eigenvalue weighted by atomic mass is 19.4. The average molecular weight is 489 g/mol. The zero-order chi connectivity index (χ0) is 25.0. The van der Waals surface area contributed by atoms with Crippen LogP contribution >= 0.6 is 0 Å². The van der Waals surface area contributed by atoms with E-state index in [2.05, 4.69) is 15.3 Å². The Hall–Kier alpha value is -4.26. The summed E-state index contributed by atoms with van der Waals surface area (Å²) in [6.07, 6.45) is 1.52. The molecule has 1 aliphatic heterocycles. The van der Waals surface area contributed by atoms with Gasteiger partial charge in [0.25, 0.3) is 5.91 Å². The zero-order valence-electron chi connectivity index (χ0n) is 17.9. The van der Waals surface area contributed by atoms with Crippen LogP contribution in [0.3, 0.4) is 0 Å². The second-order valence-electron chi connectivity index (χ2n) is 7.35. The lowest BCUT2D eigenvalue weighted by Crippen LogP contribution is -2.42. The summed E-state index contributed by atoms with van der Waals surface area (Å²) in [6.45, 7) is 1.35. The monoisotopic (exact) mass is 489 g/mol. The third kappa shape index (κ3) is 5.46. The number of halogens is 3. The molecule has 5 rings (SSSR count). The minimum Gasteiger partial charge on any atom is -0.475 e. The number of carbonyl (C=O) groups is 2. The van der Waals surface area contributed by atoms with Crippen LogP contribution in [0.25, 0.3) is 16.6 Å². The minimum absolute atomic E-state index is 0.144. The van der Waals surface area contributed by atoms with Gasteiger partial charge in [0, 0.05) is 30.7 Å². The fourth-order valence-electron chi connectivity index (χ4n) is 3.41. The molecule has 4 aromatic heterocycles. The second kappa shape index (κ2) is 9.93. The van der Waals surface area contributed by atoms with Gasteiger partial charge in [-0.05, 0) is 35.9 Å². The standard InChI is InChI=1S/C20H17N5O3.C2HF3O2/c26-20(17-2-1-10-27-17)24-9-11-28-18(13-24)19-16-4-3-15(12-25(16)23-22-19)14-5-7-21-8-6-14;3-2(4,5)1(6)7/h1-8,10,12,18H,9,11,13H2;(H,6,7). The first-order valence-electron chi connectivity index (χ1n) is 10.2. The Balaban J connectivity index is 0.000000364. The molecule has 1 aliphatic rings. The van der Waals surface area contributed by atoms with Crippen LogP contribution in [0, 0.1) is 0 Å². The highest BCUT2D eigenvalue weighted by Gasteiger charge is 2.38. The highest BCUT2D eigenvalue weighted by Crippen LogP contribution is 2.27. The maximum Gasteiger partial charge on any atom is 0.490 e. The second-order valence-corrected chi connectivity index (χ2v) is 7.35. The first-order chi connectivity index (χ1) is 16.7. The highest BCUT2D eigenvalue weighted by molar-refractivity contribution is 5.91. The number of morpholine rings is 1. The third-order valence-corrected chi connectivity index (χ3v) is 5.09. The number of furan rings is 1. The largest absolute Gasteiger partial charge is 0.490 e. The van der Waals surface area contributed by atoms with Crippen LogP contribution in [0.5, 0.6) is 0 Å². The van der Waals surface area contributed by atoms with Gasteiger partial charge < -0.3 is 19.2 Å². The van der Waals surface area contributed by atoms with Gasteiger partial charge in [0.15, 0.2) is 5.76 Å². The lowest BCUT2D eigenvalue weighted by atomic mass is 10.1. The van der Waals surface area contributed by atoms with E-state index in [0.29, 0.717) is 25.5 Å². The molecule has 0 aliphatic carbocycles. The Bertz CT molecular complexity index is 1310. The van der Waals surface area contributed by atoms with Crippen LogP contribution in [0.4, 0.5) is 13.2 Å². The van der Waals surface area contributed by atoms with Crippen molar-refractivity contribution in [2.45, 2.75) is 12.3 Å². The van der Waals surface area contributed by atoms with E-state index in [1.165, 1.54) is 6.26 Å². The summed E-state index contributed by atoms with van der Waals surface area (Å²) in [5, 5.41) is 15.7. The van der Waals surface area contributed by atoms with Crippen molar-refractivity contribution in [3.05, 3.63) is 72.7 Å². The summed E-state index contributed by atoms with van der Waals surface area (Å²) in [5.74, 6) is -2.57. The fourth-order valence-corrected chi connectivity index (χ4v) is 3.41. The van der Waals surface area contributed by atoms with Gasteiger partial charge in [0.1, 0.15) is 11.8 Å². The van der Waals surface area contributed by atoms with Crippen LogP contribution in [-0.4, -0.2) is 67.6 Å². The van der Waals surface area contributed by atoms with E-state index in [1.54, 1.807) is 33.9 Å². The molecular weight excluding hydrogens is 471 g/mol. The van der Waals surface area contributed by atoms with Crippen molar-refractivity contribution in [2.75, 3.05) is 19.7 Å². The summed E-state index contributed by atoms with van der Waals surface area (Å²) in [5.41, 5.74) is 3.65. The molecule has 182 valence electrons. The molecule has 13 heteroatoms. The van der Waals surface area contributed by atoms with Crippen molar-refractivity contribution < 1.29 is 37.0 Å². The van der Waals surface area contributed by atoms with Crippen molar-refractivity contribution >= 4 is 17.4 Å². The molecular formula is C22H18F3N5O5. The Labute approximate surface area is 195 Å². The van der Waals surface area contributed by atoms with Gasteiger partial charge >= 0.3 is 12.1 Å². The van der Waals surface area contributed by atoms with E-state index < -0.39 is 12.1 Å². The Kier molecular flexibility index (Phi) is 6.78. The number of ether oxygens (including phenoxy) is 1. The number of alkyl halides is 3. The molecule has 35 heavy (non-hydrogen) atoms.